The van der Waals surface area contributed by atoms with E-state index in [1.54, 1.807) is 13.8 Å². The molecule has 0 aromatic heterocycles. The van der Waals surface area contributed by atoms with Gasteiger partial charge in [0.15, 0.2) is 0 Å². The van der Waals surface area contributed by atoms with E-state index in [1.807, 2.05) is 18.2 Å². The van der Waals surface area contributed by atoms with Crippen molar-refractivity contribution in [2.75, 3.05) is 4.90 Å². The molecule has 0 saturated carbocycles. The minimum atomic E-state index is -0.205. The van der Waals surface area contributed by atoms with Gasteiger partial charge in [0.05, 0.1) is 11.3 Å². The lowest BCUT2D eigenvalue weighted by Gasteiger charge is -2.45. The van der Waals surface area contributed by atoms with E-state index in [1.165, 1.54) is 50.5 Å². The summed E-state index contributed by atoms with van der Waals surface area (Å²) in [6, 6.07) is 35.6. The van der Waals surface area contributed by atoms with Crippen molar-refractivity contribution in [2.45, 2.75) is 79.1 Å². The predicted molar refractivity (Wildman–Crippen MR) is 231 cm³/mol. The molecule has 0 radical (unpaired) electrons. The van der Waals surface area contributed by atoms with Crippen molar-refractivity contribution in [3.05, 3.63) is 159 Å². The van der Waals surface area contributed by atoms with E-state index >= 15 is 0 Å². The molecular weight excluding hydrogens is 687 g/mol. The van der Waals surface area contributed by atoms with Gasteiger partial charge in [-0.15, -0.1) is 0 Å². The summed E-state index contributed by atoms with van der Waals surface area (Å²) in [5.41, 5.74) is 19.8. The van der Waals surface area contributed by atoms with Gasteiger partial charge in [0, 0.05) is 33.3 Å². The Morgan fingerprint density at radius 3 is 1.80 bits per heavy atom. The minimum Gasteiger partial charge on any atom is -0.507 e. The maximum Gasteiger partial charge on any atom is 0.133 e. The van der Waals surface area contributed by atoms with Crippen LogP contribution in [-0.4, -0.2) is 15.3 Å². The molecule has 4 heteroatoms. The van der Waals surface area contributed by atoms with Gasteiger partial charge in [-0.3, -0.25) is 0 Å². The standard InChI is InChI=1S/C52H49NO3/c1-29-17-19-33(25-39(29)40-26-35(20-18-30(40)2)47-49(55)31(3)48(54)32(4)50(47)56)34-21-24-46-44(27-34)52(7,8)42-15-11-12-16-45(42)53(46)36-22-23-38-37-13-9-10-14-41(37)51(5,6)43(38)28-36/h9-10,13-28,54-56H,11-12H2,1-8H3. The average Bonchev–Trinajstić information content (AvgIpc) is 3.43. The molecule has 6 aromatic rings. The van der Waals surface area contributed by atoms with Crippen LogP contribution in [0.3, 0.4) is 0 Å². The van der Waals surface area contributed by atoms with Gasteiger partial charge in [-0.1, -0.05) is 101 Å². The summed E-state index contributed by atoms with van der Waals surface area (Å²) >= 11 is 0. The molecule has 1 heterocycles. The van der Waals surface area contributed by atoms with Gasteiger partial charge in [-0.05, 0) is 149 Å². The van der Waals surface area contributed by atoms with Gasteiger partial charge in [0.1, 0.15) is 17.2 Å². The van der Waals surface area contributed by atoms with Gasteiger partial charge in [-0.25, -0.2) is 0 Å². The van der Waals surface area contributed by atoms with Crippen LogP contribution in [0.15, 0.2) is 120 Å². The Bertz CT molecular complexity index is 2700. The van der Waals surface area contributed by atoms with Crippen LogP contribution in [0.2, 0.25) is 0 Å². The van der Waals surface area contributed by atoms with Gasteiger partial charge in [0.25, 0.3) is 0 Å². The van der Waals surface area contributed by atoms with Crippen molar-refractivity contribution >= 4 is 11.4 Å². The number of phenolic OH excluding ortho intramolecular Hbond substituents is 3. The number of allylic oxidation sites excluding steroid dienone is 3. The normalized spacial score (nSPS) is 16.0. The molecule has 0 unspecified atom stereocenters. The lowest BCUT2D eigenvalue weighted by molar-refractivity contribution is 0.420. The van der Waals surface area contributed by atoms with Gasteiger partial charge in [-0.2, -0.15) is 0 Å². The number of nitrogens with zero attached hydrogens (tertiary/aromatic N) is 1. The molecule has 4 nitrogen and oxygen atoms in total. The second-order valence-electron chi connectivity index (χ2n) is 17.1. The molecule has 2 aliphatic carbocycles. The number of fused-ring (bicyclic) bond motifs is 5. The molecule has 3 aliphatic rings. The first-order valence-electron chi connectivity index (χ1n) is 19.8. The Morgan fingerprint density at radius 1 is 0.500 bits per heavy atom. The summed E-state index contributed by atoms with van der Waals surface area (Å²) in [5, 5.41) is 32.7. The highest BCUT2D eigenvalue weighted by Crippen LogP contribution is 2.55. The third-order valence-corrected chi connectivity index (χ3v) is 13.1. The van der Waals surface area contributed by atoms with E-state index in [9.17, 15) is 15.3 Å². The van der Waals surface area contributed by atoms with Crippen molar-refractivity contribution in [3.63, 3.8) is 0 Å². The van der Waals surface area contributed by atoms with Crippen LogP contribution in [0, 0.1) is 27.7 Å². The van der Waals surface area contributed by atoms with Gasteiger partial charge in [0.2, 0.25) is 0 Å². The lowest BCUT2D eigenvalue weighted by Crippen LogP contribution is -2.36. The van der Waals surface area contributed by atoms with Crippen molar-refractivity contribution < 1.29 is 15.3 Å². The summed E-state index contributed by atoms with van der Waals surface area (Å²) in [6.45, 7) is 17.0. The molecule has 56 heavy (non-hydrogen) atoms. The predicted octanol–water partition coefficient (Wildman–Crippen LogP) is 13.4. The first kappa shape index (κ1) is 35.7. The third kappa shape index (κ3) is 5.11. The number of anilines is 2. The third-order valence-electron chi connectivity index (χ3n) is 13.1. The van der Waals surface area contributed by atoms with Crippen molar-refractivity contribution in [2.24, 2.45) is 0 Å². The summed E-state index contributed by atoms with van der Waals surface area (Å²) in [4.78, 5) is 2.50. The van der Waals surface area contributed by atoms with Crippen LogP contribution in [0.1, 0.15) is 79.5 Å². The second kappa shape index (κ2) is 12.5. The molecule has 1 aliphatic heterocycles. The van der Waals surface area contributed by atoms with Crippen LogP contribution < -0.4 is 4.90 Å². The minimum absolute atomic E-state index is 0.0902. The molecule has 280 valence electrons. The van der Waals surface area contributed by atoms with Gasteiger partial charge < -0.3 is 20.2 Å². The second-order valence-corrected chi connectivity index (χ2v) is 17.1. The smallest absolute Gasteiger partial charge is 0.133 e. The average molecular weight is 736 g/mol. The highest BCUT2D eigenvalue weighted by molar-refractivity contribution is 5.89. The van der Waals surface area contributed by atoms with Gasteiger partial charge >= 0.3 is 0 Å². The molecule has 0 saturated heterocycles. The molecular formula is C52H49NO3. The molecule has 6 aromatic carbocycles. The summed E-state index contributed by atoms with van der Waals surface area (Å²) in [7, 11) is 0. The topological polar surface area (TPSA) is 63.9 Å². The fourth-order valence-electron chi connectivity index (χ4n) is 9.67. The zero-order valence-corrected chi connectivity index (χ0v) is 33.6. The molecule has 0 atom stereocenters. The number of phenols is 3. The zero-order valence-electron chi connectivity index (χ0n) is 33.6. The highest BCUT2D eigenvalue weighted by atomic mass is 16.3. The van der Waals surface area contributed by atoms with Crippen LogP contribution >= 0.6 is 0 Å². The van der Waals surface area contributed by atoms with Crippen molar-refractivity contribution in [1.82, 2.24) is 0 Å². The Morgan fingerprint density at radius 2 is 1.09 bits per heavy atom. The molecule has 3 N–H and O–H groups in total. The fraction of sp³-hybridized carbons (Fsp3) is 0.231. The van der Waals surface area contributed by atoms with Crippen molar-refractivity contribution in [1.29, 1.82) is 0 Å². The van der Waals surface area contributed by atoms with E-state index in [0.29, 0.717) is 22.3 Å². The monoisotopic (exact) mass is 735 g/mol. The maximum atomic E-state index is 11.1. The highest BCUT2D eigenvalue weighted by Gasteiger charge is 2.41. The van der Waals surface area contributed by atoms with Crippen LogP contribution in [-0.2, 0) is 10.8 Å². The van der Waals surface area contributed by atoms with Crippen molar-refractivity contribution in [3.8, 4) is 61.8 Å². The molecule has 0 amide bonds. The first-order chi connectivity index (χ1) is 26.7. The lowest BCUT2D eigenvalue weighted by atomic mass is 9.70. The Balaban J connectivity index is 1.16. The molecule has 9 rings (SSSR count). The summed E-state index contributed by atoms with van der Waals surface area (Å²) in [6.07, 6.45) is 6.95. The van der Waals surface area contributed by atoms with Crippen LogP contribution in [0.4, 0.5) is 11.4 Å². The molecule has 0 bridgehead atoms. The Labute approximate surface area is 330 Å². The SMILES string of the molecule is Cc1ccc(-c2ccc3c(c2)C(C)(C)C2=CCCC=C2N3c2ccc3c(c2)C(C)(C)c2ccccc2-3)cc1-c1cc(-c2c(O)c(C)c(O)c(C)c2O)ccc1C. The van der Waals surface area contributed by atoms with Crippen LogP contribution in [0.5, 0.6) is 17.2 Å². The van der Waals surface area contributed by atoms with E-state index in [0.717, 1.165) is 46.2 Å². The quantitative estimate of drug-likeness (QED) is 0.169. The molecule has 0 spiro atoms. The number of rotatable bonds is 4. The first-order valence-corrected chi connectivity index (χ1v) is 19.8. The number of hydrogen-bond donors (Lipinski definition) is 3. The van der Waals surface area contributed by atoms with E-state index < -0.39 is 0 Å². The van der Waals surface area contributed by atoms with E-state index in [2.05, 4.69) is 137 Å². The largest absolute Gasteiger partial charge is 0.507 e. The Hall–Kier alpha value is -6.00. The number of benzene rings is 6. The maximum absolute atomic E-state index is 11.1. The summed E-state index contributed by atoms with van der Waals surface area (Å²) < 4.78 is 0. The molecule has 0 fully saturated rings. The number of aromatic hydroxyl groups is 3. The Kier molecular flexibility index (Phi) is 7.97. The number of aryl methyl sites for hydroxylation is 2. The number of hydrogen-bond acceptors (Lipinski definition) is 4. The fourth-order valence-corrected chi connectivity index (χ4v) is 9.67. The van der Waals surface area contributed by atoms with E-state index in [4.69, 9.17) is 0 Å². The summed E-state index contributed by atoms with van der Waals surface area (Å²) in [5.74, 6) is -0.321. The zero-order chi connectivity index (χ0) is 39.4. The van der Waals surface area contributed by atoms with E-state index in [-0.39, 0.29) is 28.1 Å². The van der Waals surface area contributed by atoms with Crippen LogP contribution in [0.25, 0.3) is 44.5 Å².